The van der Waals surface area contributed by atoms with Gasteiger partial charge in [-0.25, -0.2) is 0 Å². The van der Waals surface area contributed by atoms with E-state index in [2.05, 4.69) is 64.7 Å². The van der Waals surface area contributed by atoms with Crippen molar-refractivity contribution in [3.63, 3.8) is 0 Å². The molecule has 1 aliphatic rings. The fourth-order valence-electron chi connectivity index (χ4n) is 3.24. The van der Waals surface area contributed by atoms with E-state index in [-0.39, 0.29) is 0 Å². The highest BCUT2D eigenvalue weighted by molar-refractivity contribution is 5.79. The summed E-state index contributed by atoms with van der Waals surface area (Å²) in [7, 11) is 1.85. The molecule has 1 heterocycles. The van der Waals surface area contributed by atoms with Crippen molar-refractivity contribution in [3.05, 3.63) is 35.9 Å². The number of benzene rings is 1. The van der Waals surface area contributed by atoms with Crippen LogP contribution in [0.15, 0.2) is 35.3 Å². The van der Waals surface area contributed by atoms with Crippen molar-refractivity contribution >= 4 is 5.96 Å². The molecule has 128 valence electrons. The first-order valence-corrected chi connectivity index (χ1v) is 8.91. The van der Waals surface area contributed by atoms with Gasteiger partial charge in [-0.05, 0) is 37.3 Å². The van der Waals surface area contributed by atoms with Crippen LogP contribution in [0.4, 0.5) is 0 Å². The number of aliphatic imine (C=N–C) groups is 1. The molecule has 4 nitrogen and oxygen atoms in total. The summed E-state index contributed by atoms with van der Waals surface area (Å²) in [4.78, 5) is 6.96. The Balaban J connectivity index is 1.70. The Hall–Kier alpha value is -1.55. The molecule has 0 saturated carbocycles. The van der Waals surface area contributed by atoms with Crippen molar-refractivity contribution < 1.29 is 0 Å². The van der Waals surface area contributed by atoms with Crippen molar-refractivity contribution in [2.75, 3.05) is 33.2 Å². The fourth-order valence-corrected chi connectivity index (χ4v) is 3.24. The van der Waals surface area contributed by atoms with E-state index in [1.807, 2.05) is 7.05 Å². The maximum Gasteiger partial charge on any atom is 0.191 e. The topological polar surface area (TPSA) is 39.7 Å². The number of hydrogen-bond donors (Lipinski definition) is 2. The number of rotatable bonds is 7. The maximum atomic E-state index is 4.34. The molecular formula is C19H32N4. The molecule has 0 spiro atoms. The van der Waals surface area contributed by atoms with Gasteiger partial charge in [-0.1, -0.05) is 44.2 Å². The van der Waals surface area contributed by atoms with Crippen LogP contribution in [-0.4, -0.2) is 50.1 Å². The van der Waals surface area contributed by atoms with Crippen molar-refractivity contribution in [1.29, 1.82) is 0 Å². The quantitative estimate of drug-likeness (QED) is 0.600. The molecule has 0 aromatic heterocycles. The van der Waals surface area contributed by atoms with E-state index < -0.39 is 0 Å². The Kier molecular flexibility index (Phi) is 7.40. The second-order valence-electron chi connectivity index (χ2n) is 6.80. The zero-order valence-electron chi connectivity index (χ0n) is 14.9. The predicted molar refractivity (Wildman–Crippen MR) is 98.9 cm³/mol. The van der Waals surface area contributed by atoms with Gasteiger partial charge < -0.3 is 10.6 Å². The molecule has 1 aromatic rings. The van der Waals surface area contributed by atoms with E-state index >= 15 is 0 Å². The van der Waals surface area contributed by atoms with Crippen LogP contribution in [0.3, 0.4) is 0 Å². The van der Waals surface area contributed by atoms with Crippen LogP contribution >= 0.6 is 0 Å². The molecule has 1 aliphatic heterocycles. The van der Waals surface area contributed by atoms with Crippen LogP contribution in [0, 0.1) is 5.92 Å². The van der Waals surface area contributed by atoms with E-state index in [1.54, 1.807) is 0 Å². The molecule has 1 saturated heterocycles. The minimum absolute atomic E-state index is 0.644. The van der Waals surface area contributed by atoms with Gasteiger partial charge in [0.05, 0.1) is 0 Å². The third kappa shape index (κ3) is 6.22. The summed E-state index contributed by atoms with van der Waals surface area (Å²) in [5.41, 5.74) is 1.36. The van der Waals surface area contributed by atoms with Crippen LogP contribution in [-0.2, 0) is 6.42 Å². The molecule has 23 heavy (non-hydrogen) atoms. The standard InChI is InChI=1S/C19H32N4/c1-16(2)15-23-13-7-10-18(23)14-22-19(20-3)21-12-11-17-8-5-4-6-9-17/h4-6,8-9,16,18H,7,10-15H2,1-3H3,(H2,20,21,22)/t18-/m1/s1. The number of likely N-dealkylation sites (tertiary alicyclic amines) is 1. The molecule has 0 aliphatic carbocycles. The molecule has 1 fully saturated rings. The number of guanidine groups is 1. The summed E-state index contributed by atoms with van der Waals surface area (Å²) in [6.45, 7) is 8.93. The Labute approximate surface area is 141 Å². The first kappa shape index (κ1) is 17.8. The third-order valence-electron chi connectivity index (χ3n) is 4.38. The Morgan fingerprint density at radius 2 is 2.04 bits per heavy atom. The van der Waals surface area contributed by atoms with E-state index in [9.17, 15) is 0 Å². The molecular weight excluding hydrogens is 284 g/mol. The minimum Gasteiger partial charge on any atom is -0.356 e. The Bertz CT molecular complexity index is 470. The van der Waals surface area contributed by atoms with E-state index in [0.717, 1.165) is 31.4 Å². The van der Waals surface area contributed by atoms with Gasteiger partial charge in [0.25, 0.3) is 0 Å². The first-order valence-electron chi connectivity index (χ1n) is 8.91. The Morgan fingerprint density at radius 1 is 1.26 bits per heavy atom. The lowest BCUT2D eigenvalue weighted by atomic mass is 10.1. The molecule has 0 radical (unpaired) electrons. The average molecular weight is 316 g/mol. The van der Waals surface area contributed by atoms with Crippen LogP contribution < -0.4 is 10.6 Å². The summed E-state index contributed by atoms with van der Waals surface area (Å²) < 4.78 is 0. The van der Waals surface area contributed by atoms with Crippen molar-refractivity contribution in [2.45, 2.75) is 39.2 Å². The van der Waals surface area contributed by atoms with Gasteiger partial charge in [0.2, 0.25) is 0 Å². The smallest absolute Gasteiger partial charge is 0.191 e. The number of hydrogen-bond acceptors (Lipinski definition) is 2. The van der Waals surface area contributed by atoms with Crippen LogP contribution in [0.25, 0.3) is 0 Å². The predicted octanol–water partition coefficient (Wildman–Crippen LogP) is 2.51. The van der Waals surface area contributed by atoms with Crippen molar-refractivity contribution in [1.82, 2.24) is 15.5 Å². The van der Waals surface area contributed by atoms with E-state index in [0.29, 0.717) is 6.04 Å². The number of nitrogens with zero attached hydrogens (tertiary/aromatic N) is 2. The molecule has 0 amide bonds. The second-order valence-corrected chi connectivity index (χ2v) is 6.80. The molecule has 2 rings (SSSR count). The largest absolute Gasteiger partial charge is 0.356 e. The molecule has 4 heteroatoms. The molecule has 1 atom stereocenters. The summed E-state index contributed by atoms with van der Waals surface area (Å²) >= 11 is 0. The molecule has 1 aromatic carbocycles. The van der Waals surface area contributed by atoms with Crippen molar-refractivity contribution in [2.24, 2.45) is 10.9 Å². The SMILES string of the molecule is CN=C(NCCc1ccccc1)NC[C@H]1CCCN1CC(C)C. The van der Waals surface area contributed by atoms with E-state index in [1.165, 1.54) is 31.5 Å². The second kappa shape index (κ2) is 9.56. The lowest BCUT2D eigenvalue weighted by Gasteiger charge is -2.27. The highest BCUT2D eigenvalue weighted by atomic mass is 15.2. The zero-order valence-corrected chi connectivity index (χ0v) is 14.9. The van der Waals surface area contributed by atoms with Gasteiger partial charge in [0, 0.05) is 32.7 Å². The Morgan fingerprint density at radius 3 is 2.74 bits per heavy atom. The van der Waals surface area contributed by atoms with Gasteiger partial charge >= 0.3 is 0 Å². The van der Waals surface area contributed by atoms with Crippen LogP contribution in [0.1, 0.15) is 32.3 Å². The highest BCUT2D eigenvalue weighted by Gasteiger charge is 2.24. The lowest BCUT2D eigenvalue weighted by molar-refractivity contribution is 0.226. The summed E-state index contributed by atoms with van der Waals surface area (Å²) in [5, 5.41) is 6.92. The maximum absolute atomic E-state index is 4.34. The van der Waals surface area contributed by atoms with Gasteiger partial charge in [-0.15, -0.1) is 0 Å². The molecule has 0 unspecified atom stereocenters. The summed E-state index contributed by atoms with van der Waals surface area (Å²) in [5.74, 6) is 1.65. The highest BCUT2D eigenvalue weighted by Crippen LogP contribution is 2.17. The van der Waals surface area contributed by atoms with Crippen molar-refractivity contribution in [3.8, 4) is 0 Å². The average Bonchev–Trinajstić information content (AvgIpc) is 2.98. The molecule has 2 N–H and O–H groups in total. The lowest BCUT2D eigenvalue weighted by Crippen LogP contribution is -2.46. The van der Waals surface area contributed by atoms with Crippen LogP contribution in [0.5, 0.6) is 0 Å². The van der Waals surface area contributed by atoms with E-state index in [4.69, 9.17) is 0 Å². The minimum atomic E-state index is 0.644. The first-order chi connectivity index (χ1) is 11.2. The third-order valence-corrected chi connectivity index (χ3v) is 4.38. The monoisotopic (exact) mass is 316 g/mol. The normalized spacial score (nSPS) is 19.3. The summed E-state index contributed by atoms with van der Waals surface area (Å²) in [6, 6.07) is 11.2. The van der Waals surface area contributed by atoms with Gasteiger partial charge in [0.1, 0.15) is 0 Å². The van der Waals surface area contributed by atoms with Gasteiger partial charge in [0.15, 0.2) is 5.96 Å². The van der Waals surface area contributed by atoms with Gasteiger partial charge in [-0.3, -0.25) is 9.89 Å². The number of nitrogens with one attached hydrogen (secondary N) is 2. The summed E-state index contributed by atoms with van der Waals surface area (Å²) in [6.07, 6.45) is 3.63. The molecule has 0 bridgehead atoms. The van der Waals surface area contributed by atoms with Crippen LogP contribution in [0.2, 0.25) is 0 Å². The fraction of sp³-hybridized carbons (Fsp3) is 0.632. The van der Waals surface area contributed by atoms with Gasteiger partial charge in [-0.2, -0.15) is 0 Å². The zero-order chi connectivity index (χ0) is 16.5.